The SMILES string of the molecule is NN=Cc1cc(Br)c2ccccc2c1. The van der Waals surface area contributed by atoms with Crippen molar-refractivity contribution in [2.24, 2.45) is 10.9 Å². The number of hydrogen-bond donors (Lipinski definition) is 1. The van der Waals surface area contributed by atoms with E-state index in [1.54, 1.807) is 6.21 Å². The highest BCUT2D eigenvalue weighted by Crippen LogP contribution is 2.24. The lowest BCUT2D eigenvalue weighted by Crippen LogP contribution is -1.87. The molecular formula is C11H9BrN2. The number of hydrogen-bond acceptors (Lipinski definition) is 2. The van der Waals surface area contributed by atoms with Gasteiger partial charge < -0.3 is 5.84 Å². The first-order valence-corrected chi connectivity index (χ1v) is 5.02. The molecule has 0 saturated heterocycles. The minimum atomic E-state index is 0.998. The van der Waals surface area contributed by atoms with Crippen LogP contribution < -0.4 is 5.84 Å². The first-order valence-electron chi connectivity index (χ1n) is 4.23. The van der Waals surface area contributed by atoms with E-state index >= 15 is 0 Å². The van der Waals surface area contributed by atoms with E-state index in [2.05, 4.69) is 39.2 Å². The Morgan fingerprint density at radius 1 is 1.21 bits per heavy atom. The molecule has 0 fully saturated rings. The normalized spacial score (nSPS) is 11.2. The number of benzene rings is 2. The molecule has 0 aliphatic carbocycles. The summed E-state index contributed by atoms with van der Waals surface area (Å²) in [6.07, 6.45) is 1.64. The van der Waals surface area contributed by atoms with Crippen LogP contribution in [0.4, 0.5) is 0 Å². The molecule has 70 valence electrons. The lowest BCUT2D eigenvalue weighted by molar-refractivity contribution is 1.26. The maximum Gasteiger partial charge on any atom is 0.0538 e. The van der Waals surface area contributed by atoms with Gasteiger partial charge in [-0.05, 0) is 28.5 Å². The van der Waals surface area contributed by atoms with E-state index in [4.69, 9.17) is 5.84 Å². The fourth-order valence-corrected chi connectivity index (χ4v) is 2.07. The highest BCUT2D eigenvalue weighted by atomic mass is 79.9. The minimum absolute atomic E-state index is 0.998. The second kappa shape index (κ2) is 3.80. The van der Waals surface area contributed by atoms with Gasteiger partial charge in [-0.3, -0.25) is 0 Å². The average molecular weight is 249 g/mol. The molecule has 14 heavy (non-hydrogen) atoms. The molecule has 0 aliphatic rings. The summed E-state index contributed by atoms with van der Waals surface area (Å²) >= 11 is 3.52. The molecule has 2 N–H and O–H groups in total. The fourth-order valence-electron chi connectivity index (χ4n) is 1.45. The van der Waals surface area contributed by atoms with E-state index in [1.807, 2.05) is 18.2 Å². The Kier molecular flexibility index (Phi) is 2.50. The van der Waals surface area contributed by atoms with Crippen LogP contribution in [0.2, 0.25) is 0 Å². The van der Waals surface area contributed by atoms with E-state index in [-0.39, 0.29) is 0 Å². The number of halogens is 1. The Labute approximate surface area is 90.6 Å². The van der Waals surface area contributed by atoms with Crippen LogP contribution in [-0.4, -0.2) is 6.21 Å². The third kappa shape index (κ3) is 1.63. The van der Waals surface area contributed by atoms with Crippen LogP contribution >= 0.6 is 15.9 Å². The van der Waals surface area contributed by atoms with E-state index in [0.29, 0.717) is 0 Å². The van der Waals surface area contributed by atoms with Gasteiger partial charge in [-0.2, -0.15) is 5.10 Å². The van der Waals surface area contributed by atoms with Gasteiger partial charge in [0, 0.05) is 4.47 Å². The average Bonchev–Trinajstić information content (AvgIpc) is 2.18. The number of hydrazone groups is 1. The molecule has 2 rings (SSSR count). The Morgan fingerprint density at radius 3 is 2.79 bits per heavy atom. The lowest BCUT2D eigenvalue weighted by Gasteiger charge is -2.01. The van der Waals surface area contributed by atoms with E-state index < -0.39 is 0 Å². The number of nitrogens with two attached hydrogens (primary N) is 1. The summed E-state index contributed by atoms with van der Waals surface area (Å²) in [7, 11) is 0. The van der Waals surface area contributed by atoms with Crippen molar-refractivity contribution in [2.45, 2.75) is 0 Å². The van der Waals surface area contributed by atoms with Crippen molar-refractivity contribution in [1.82, 2.24) is 0 Å². The third-order valence-electron chi connectivity index (χ3n) is 2.06. The molecule has 2 aromatic carbocycles. The van der Waals surface area contributed by atoms with Gasteiger partial charge >= 0.3 is 0 Å². The van der Waals surface area contributed by atoms with Gasteiger partial charge in [-0.15, -0.1) is 0 Å². The predicted octanol–water partition coefficient (Wildman–Crippen LogP) is 2.89. The molecule has 0 saturated carbocycles. The van der Waals surface area contributed by atoms with Gasteiger partial charge in [-0.25, -0.2) is 0 Å². The molecule has 0 heterocycles. The van der Waals surface area contributed by atoms with E-state index in [9.17, 15) is 0 Å². The molecule has 0 spiro atoms. The van der Waals surface area contributed by atoms with Crippen LogP contribution in [0.3, 0.4) is 0 Å². The van der Waals surface area contributed by atoms with Crippen molar-refractivity contribution in [3.63, 3.8) is 0 Å². The molecule has 2 aromatic rings. The maximum absolute atomic E-state index is 5.11. The summed E-state index contributed by atoms with van der Waals surface area (Å²) in [5.74, 6) is 5.11. The third-order valence-corrected chi connectivity index (χ3v) is 2.71. The first-order chi connectivity index (χ1) is 6.81. The Balaban J connectivity index is 2.72. The summed E-state index contributed by atoms with van der Waals surface area (Å²) in [6, 6.07) is 12.2. The van der Waals surface area contributed by atoms with Crippen LogP contribution in [0.5, 0.6) is 0 Å². The summed E-state index contributed by atoms with van der Waals surface area (Å²) in [4.78, 5) is 0. The largest absolute Gasteiger partial charge is 0.323 e. The van der Waals surface area contributed by atoms with Gasteiger partial charge in [-0.1, -0.05) is 40.2 Å². The smallest absolute Gasteiger partial charge is 0.0538 e. The van der Waals surface area contributed by atoms with Crippen molar-refractivity contribution >= 4 is 32.9 Å². The molecule has 0 radical (unpaired) electrons. The van der Waals surface area contributed by atoms with Crippen LogP contribution in [0.1, 0.15) is 5.56 Å². The zero-order valence-corrected chi connectivity index (χ0v) is 9.03. The molecule has 0 aliphatic heterocycles. The second-order valence-electron chi connectivity index (χ2n) is 3.00. The Morgan fingerprint density at radius 2 is 2.00 bits per heavy atom. The van der Waals surface area contributed by atoms with Crippen molar-refractivity contribution < 1.29 is 0 Å². The number of fused-ring (bicyclic) bond motifs is 1. The summed E-state index contributed by atoms with van der Waals surface area (Å²) in [5, 5.41) is 5.88. The molecule has 0 aromatic heterocycles. The topological polar surface area (TPSA) is 38.4 Å². The Hall–Kier alpha value is -1.35. The standard InChI is InChI=1S/C11H9BrN2/c12-11-6-8(7-14-13)5-9-3-1-2-4-10(9)11/h1-7H,13H2. The van der Waals surface area contributed by atoms with Gasteiger partial charge in [0.05, 0.1) is 6.21 Å². The number of rotatable bonds is 1. The highest BCUT2D eigenvalue weighted by Gasteiger charge is 1.99. The summed E-state index contributed by atoms with van der Waals surface area (Å²) in [6.45, 7) is 0. The zero-order chi connectivity index (χ0) is 9.97. The Bertz CT molecular complexity index is 492. The quantitative estimate of drug-likeness (QED) is 0.471. The van der Waals surface area contributed by atoms with Gasteiger partial charge in [0.15, 0.2) is 0 Å². The van der Waals surface area contributed by atoms with Crippen molar-refractivity contribution in [2.75, 3.05) is 0 Å². The monoisotopic (exact) mass is 248 g/mol. The van der Waals surface area contributed by atoms with E-state index in [0.717, 1.165) is 10.0 Å². The molecule has 0 bridgehead atoms. The van der Waals surface area contributed by atoms with Crippen LogP contribution in [0.25, 0.3) is 10.8 Å². The van der Waals surface area contributed by atoms with Crippen molar-refractivity contribution in [1.29, 1.82) is 0 Å². The van der Waals surface area contributed by atoms with Crippen LogP contribution in [0, 0.1) is 0 Å². The lowest BCUT2D eigenvalue weighted by atomic mass is 10.1. The van der Waals surface area contributed by atoms with Gasteiger partial charge in [0.1, 0.15) is 0 Å². The molecule has 3 heteroatoms. The van der Waals surface area contributed by atoms with E-state index in [1.165, 1.54) is 10.8 Å². The molecule has 0 atom stereocenters. The first kappa shape index (κ1) is 9.21. The number of nitrogens with zero attached hydrogens (tertiary/aromatic N) is 1. The molecule has 2 nitrogen and oxygen atoms in total. The van der Waals surface area contributed by atoms with Crippen LogP contribution in [0.15, 0.2) is 46.0 Å². The molecule has 0 unspecified atom stereocenters. The molecular weight excluding hydrogens is 240 g/mol. The zero-order valence-electron chi connectivity index (χ0n) is 7.44. The highest BCUT2D eigenvalue weighted by molar-refractivity contribution is 9.10. The van der Waals surface area contributed by atoms with Crippen LogP contribution in [-0.2, 0) is 0 Å². The second-order valence-corrected chi connectivity index (χ2v) is 3.86. The minimum Gasteiger partial charge on any atom is -0.323 e. The maximum atomic E-state index is 5.11. The van der Waals surface area contributed by atoms with Crippen molar-refractivity contribution in [3.8, 4) is 0 Å². The van der Waals surface area contributed by atoms with Crippen molar-refractivity contribution in [3.05, 3.63) is 46.4 Å². The van der Waals surface area contributed by atoms with Gasteiger partial charge in [0.25, 0.3) is 0 Å². The summed E-state index contributed by atoms with van der Waals surface area (Å²) < 4.78 is 1.06. The molecule has 0 amide bonds. The summed E-state index contributed by atoms with van der Waals surface area (Å²) in [5.41, 5.74) is 0.998. The predicted molar refractivity (Wildman–Crippen MR) is 63.4 cm³/mol. The fraction of sp³-hybridized carbons (Fsp3) is 0. The van der Waals surface area contributed by atoms with Gasteiger partial charge in [0.2, 0.25) is 0 Å².